The average Bonchev–Trinajstić information content (AvgIpc) is 2.75. The van der Waals surface area contributed by atoms with Gasteiger partial charge in [0, 0.05) is 6.04 Å². The molecule has 2 atom stereocenters. The zero-order chi connectivity index (χ0) is 14.3. The highest BCUT2D eigenvalue weighted by Crippen LogP contribution is 2.24. The first-order chi connectivity index (χ1) is 8.98. The van der Waals surface area contributed by atoms with Gasteiger partial charge in [-0.25, -0.2) is 8.42 Å². The Kier molecular flexibility index (Phi) is 9.42. The topological polar surface area (TPSA) is 89.3 Å². The zero-order valence-corrected chi connectivity index (χ0v) is 13.8. The van der Waals surface area contributed by atoms with Gasteiger partial charge < -0.3 is 11.1 Å². The highest BCUT2D eigenvalue weighted by atomic mass is 35.5. The van der Waals surface area contributed by atoms with Gasteiger partial charge in [0.25, 0.3) is 0 Å². The molecule has 3 N–H and O–H groups in total. The highest BCUT2D eigenvalue weighted by Gasteiger charge is 2.28. The largest absolute Gasteiger partial charge is 0.352 e. The number of amides is 1. The van der Waals surface area contributed by atoms with E-state index in [-0.39, 0.29) is 35.9 Å². The van der Waals surface area contributed by atoms with Crippen molar-refractivity contribution in [2.45, 2.75) is 51.5 Å². The van der Waals surface area contributed by atoms with Gasteiger partial charge in [-0.15, -0.1) is 12.4 Å². The van der Waals surface area contributed by atoms with Crippen LogP contribution in [0.1, 0.15) is 45.4 Å². The van der Waals surface area contributed by atoms with Crippen LogP contribution in [0.5, 0.6) is 0 Å². The molecule has 1 fully saturated rings. The van der Waals surface area contributed by atoms with Crippen LogP contribution < -0.4 is 11.1 Å². The number of halogens is 1. The predicted octanol–water partition coefficient (Wildman–Crippen LogP) is 1.26. The lowest BCUT2D eigenvalue weighted by atomic mass is 10.0. The third-order valence-electron chi connectivity index (χ3n) is 3.72. The molecule has 2 unspecified atom stereocenters. The summed E-state index contributed by atoms with van der Waals surface area (Å²) in [5.41, 5.74) is 5.64. The molecule has 0 bridgehead atoms. The number of nitrogens with two attached hydrogens (primary N) is 1. The number of nitrogens with one attached hydrogen (secondary N) is 1. The van der Waals surface area contributed by atoms with Crippen molar-refractivity contribution in [3.63, 3.8) is 0 Å². The maximum Gasteiger partial charge on any atom is 0.235 e. The molecular weight excluding hydrogens is 300 g/mol. The molecule has 1 aliphatic rings. The van der Waals surface area contributed by atoms with E-state index in [0.29, 0.717) is 18.9 Å². The Labute approximate surface area is 128 Å². The molecule has 1 amide bonds. The molecule has 0 aromatic heterocycles. The fraction of sp³-hybridized carbons (Fsp3) is 0.923. The van der Waals surface area contributed by atoms with Crippen molar-refractivity contribution in [2.75, 3.05) is 18.1 Å². The number of unbranched alkanes of at least 4 members (excludes halogenated alkanes) is 2. The number of rotatable bonds is 8. The maximum atomic E-state index is 11.8. The molecule has 1 aliphatic carbocycles. The summed E-state index contributed by atoms with van der Waals surface area (Å²) in [6.07, 6.45) is 5.48. The first-order valence-corrected chi connectivity index (χ1v) is 9.00. The van der Waals surface area contributed by atoms with E-state index in [1.54, 1.807) is 0 Å². The lowest BCUT2D eigenvalue weighted by Gasteiger charge is -2.19. The fourth-order valence-corrected chi connectivity index (χ4v) is 3.87. The summed E-state index contributed by atoms with van der Waals surface area (Å²) >= 11 is 0. The summed E-state index contributed by atoms with van der Waals surface area (Å²) in [5, 5.41) is 2.83. The Balaban J connectivity index is 0.00000361. The van der Waals surface area contributed by atoms with Crippen molar-refractivity contribution in [1.82, 2.24) is 5.32 Å². The fourth-order valence-electron chi connectivity index (χ4n) is 2.60. The van der Waals surface area contributed by atoms with E-state index in [2.05, 4.69) is 5.32 Å². The van der Waals surface area contributed by atoms with Crippen molar-refractivity contribution in [3.05, 3.63) is 0 Å². The monoisotopic (exact) mass is 326 g/mol. The van der Waals surface area contributed by atoms with Gasteiger partial charge in [0.15, 0.2) is 9.84 Å². The molecular formula is C13H27ClN2O3S. The van der Waals surface area contributed by atoms with Crippen LogP contribution in [-0.4, -0.2) is 38.4 Å². The van der Waals surface area contributed by atoms with Gasteiger partial charge in [-0.05, 0) is 31.7 Å². The second kappa shape index (κ2) is 9.58. The highest BCUT2D eigenvalue weighted by molar-refractivity contribution is 7.92. The van der Waals surface area contributed by atoms with Gasteiger partial charge in [0.05, 0.1) is 5.75 Å². The molecule has 0 spiro atoms. The smallest absolute Gasteiger partial charge is 0.235 e. The van der Waals surface area contributed by atoms with Gasteiger partial charge in [-0.2, -0.15) is 0 Å². The van der Waals surface area contributed by atoms with Crippen molar-refractivity contribution < 1.29 is 13.2 Å². The van der Waals surface area contributed by atoms with E-state index in [0.717, 1.165) is 32.1 Å². The molecule has 0 radical (unpaired) electrons. The van der Waals surface area contributed by atoms with Crippen molar-refractivity contribution in [1.29, 1.82) is 0 Å². The van der Waals surface area contributed by atoms with E-state index < -0.39 is 9.84 Å². The first kappa shape index (κ1) is 19.7. The SMILES string of the molecule is CCCCCS(=O)(=O)CC(=O)NC1CCCC1CN.Cl. The summed E-state index contributed by atoms with van der Waals surface area (Å²) in [5.74, 6) is -0.349. The van der Waals surface area contributed by atoms with Crippen LogP contribution in [0.4, 0.5) is 0 Å². The van der Waals surface area contributed by atoms with Crippen LogP contribution in [0.3, 0.4) is 0 Å². The molecule has 0 heterocycles. The maximum absolute atomic E-state index is 11.8. The number of sulfone groups is 1. The van der Waals surface area contributed by atoms with E-state index in [1.165, 1.54) is 0 Å². The number of carbonyl (C=O) groups is 1. The van der Waals surface area contributed by atoms with Gasteiger partial charge in [0.1, 0.15) is 5.75 Å². The quantitative estimate of drug-likeness (QED) is 0.657. The number of hydrogen-bond donors (Lipinski definition) is 2. The van der Waals surface area contributed by atoms with Gasteiger partial charge in [-0.3, -0.25) is 4.79 Å². The van der Waals surface area contributed by atoms with Gasteiger partial charge in [-0.1, -0.05) is 26.2 Å². The van der Waals surface area contributed by atoms with Crippen LogP contribution in [-0.2, 0) is 14.6 Å². The van der Waals surface area contributed by atoms with Crippen LogP contribution in [0.15, 0.2) is 0 Å². The molecule has 0 aromatic carbocycles. The minimum Gasteiger partial charge on any atom is -0.352 e. The van der Waals surface area contributed by atoms with Crippen molar-refractivity contribution >= 4 is 28.2 Å². The molecule has 20 heavy (non-hydrogen) atoms. The van der Waals surface area contributed by atoms with E-state index >= 15 is 0 Å². The third kappa shape index (κ3) is 6.90. The summed E-state index contributed by atoms with van der Waals surface area (Å²) in [6.45, 7) is 2.57. The van der Waals surface area contributed by atoms with Crippen LogP contribution in [0.2, 0.25) is 0 Å². The second-order valence-electron chi connectivity index (χ2n) is 5.40. The summed E-state index contributed by atoms with van der Waals surface area (Å²) in [4.78, 5) is 11.8. The average molecular weight is 327 g/mol. The summed E-state index contributed by atoms with van der Waals surface area (Å²) in [6, 6.07) is 0.0586. The molecule has 0 aliphatic heterocycles. The molecule has 1 rings (SSSR count). The molecule has 5 nitrogen and oxygen atoms in total. The van der Waals surface area contributed by atoms with Gasteiger partial charge in [0.2, 0.25) is 5.91 Å². The Bertz CT molecular complexity index is 387. The minimum absolute atomic E-state index is 0. The lowest BCUT2D eigenvalue weighted by molar-refractivity contribution is -0.119. The minimum atomic E-state index is -3.26. The van der Waals surface area contributed by atoms with E-state index in [4.69, 9.17) is 5.73 Å². The first-order valence-electron chi connectivity index (χ1n) is 7.18. The Morgan fingerprint density at radius 1 is 1.30 bits per heavy atom. The van der Waals surface area contributed by atoms with E-state index in [9.17, 15) is 13.2 Å². The van der Waals surface area contributed by atoms with Crippen molar-refractivity contribution in [3.8, 4) is 0 Å². The number of hydrogen-bond acceptors (Lipinski definition) is 4. The molecule has 1 saturated carbocycles. The van der Waals surface area contributed by atoms with Gasteiger partial charge >= 0.3 is 0 Å². The second-order valence-corrected chi connectivity index (χ2v) is 7.58. The van der Waals surface area contributed by atoms with Crippen LogP contribution in [0, 0.1) is 5.92 Å². The Hall–Kier alpha value is -0.330. The third-order valence-corrected chi connectivity index (χ3v) is 5.33. The molecule has 120 valence electrons. The Morgan fingerprint density at radius 3 is 2.60 bits per heavy atom. The van der Waals surface area contributed by atoms with Crippen LogP contribution in [0.25, 0.3) is 0 Å². The standard InChI is InChI=1S/C13H26N2O3S.ClH/c1-2-3-4-8-19(17,18)10-13(16)15-12-7-5-6-11(12)9-14;/h11-12H,2-10,14H2,1H3,(H,15,16);1H. The molecule has 0 aromatic rings. The summed E-state index contributed by atoms with van der Waals surface area (Å²) in [7, 11) is -3.26. The molecule has 0 saturated heterocycles. The molecule has 7 heteroatoms. The van der Waals surface area contributed by atoms with Crippen LogP contribution >= 0.6 is 12.4 Å². The lowest BCUT2D eigenvalue weighted by Crippen LogP contribution is -2.42. The normalized spacial score (nSPS) is 22.3. The summed E-state index contributed by atoms with van der Waals surface area (Å²) < 4.78 is 23.5. The Morgan fingerprint density at radius 2 is 2.00 bits per heavy atom. The van der Waals surface area contributed by atoms with E-state index in [1.807, 2.05) is 6.92 Å². The predicted molar refractivity (Wildman–Crippen MR) is 83.8 cm³/mol. The number of carbonyl (C=O) groups excluding carboxylic acids is 1. The van der Waals surface area contributed by atoms with Crippen molar-refractivity contribution in [2.24, 2.45) is 11.7 Å². The zero-order valence-electron chi connectivity index (χ0n) is 12.1.